The van der Waals surface area contributed by atoms with Crippen molar-refractivity contribution >= 4 is 16.8 Å². The number of aromatic nitrogens is 1. The molecule has 0 aliphatic carbocycles. The maximum absolute atomic E-state index is 12.5. The Labute approximate surface area is 127 Å². The van der Waals surface area contributed by atoms with E-state index in [1.165, 1.54) is 4.57 Å². The molecule has 2 rings (SSSR count). The Bertz CT molecular complexity index is 821. The first kappa shape index (κ1) is 15.4. The van der Waals surface area contributed by atoms with E-state index in [4.69, 9.17) is 0 Å². The van der Waals surface area contributed by atoms with Crippen LogP contribution in [0.2, 0.25) is 0 Å². The lowest BCUT2D eigenvalue weighted by molar-refractivity contribution is 0.0934. The van der Waals surface area contributed by atoms with Gasteiger partial charge in [0.15, 0.2) is 0 Å². The number of fused-ring (bicyclic) bond motifs is 1. The Balaban J connectivity index is 2.68. The second-order valence-electron chi connectivity index (χ2n) is 4.80. The Kier molecular flexibility index (Phi) is 4.31. The third kappa shape index (κ3) is 2.71. The van der Waals surface area contributed by atoms with Crippen molar-refractivity contribution in [2.45, 2.75) is 13.5 Å². The Morgan fingerprint density at radius 1 is 1.36 bits per heavy atom. The van der Waals surface area contributed by atoms with Gasteiger partial charge in [0.2, 0.25) is 0 Å². The van der Waals surface area contributed by atoms with Crippen molar-refractivity contribution < 1.29 is 9.90 Å². The molecule has 1 heterocycles. The van der Waals surface area contributed by atoms with E-state index in [0.29, 0.717) is 16.6 Å². The van der Waals surface area contributed by atoms with Gasteiger partial charge in [-0.25, -0.2) is 0 Å². The van der Waals surface area contributed by atoms with Gasteiger partial charge in [-0.1, -0.05) is 24.8 Å². The maximum atomic E-state index is 12.5. The third-order valence-corrected chi connectivity index (χ3v) is 3.07. The van der Waals surface area contributed by atoms with E-state index in [-0.39, 0.29) is 17.9 Å². The van der Waals surface area contributed by atoms with Crippen LogP contribution < -0.4 is 16.4 Å². The number of para-hydroxylation sites is 1. The van der Waals surface area contributed by atoms with Gasteiger partial charge < -0.3 is 15.1 Å². The second-order valence-corrected chi connectivity index (χ2v) is 4.80. The minimum Gasteiger partial charge on any atom is -0.506 e. The number of aromatic hydroxyl groups is 1. The zero-order valence-electron chi connectivity index (χ0n) is 12.2. The standard InChI is InChI=1S/C16H17N3O3/c1-4-9-19-12-8-6-5-7-11(12)14(20)13(16(19)22)15(21)18-17-10(2)3/h4-8,17,20H,1-2,9H2,3H3,(H,18,21). The van der Waals surface area contributed by atoms with E-state index in [2.05, 4.69) is 24.0 Å². The average molecular weight is 299 g/mol. The minimum atomic E-state index is -0.728. The first-order chi connectivity index (χ1) is 10.5. The molecule has 22 heavy (non-hydrogen) atoms. The van der Waals surface area contributed by atoms with Crippen molar-refractivity contribution in [2.24, 2.45) is 0 Å². The second kappa shape index (κ2) is 6.17. The fourth-order valence-electron chi connectivity index (χ4n) is 2.13. The molecule has 0 unspecified atom stereocenters. The highest BCUT2D eigenvalue weighted by atomic mass is 16.3. The zero-order chi connectivity index (χ0) is 16.3. The fourth-order valence-corrected chi connectivity index (χ4v) is 2.13. The van der Waals surface area contributed by atoms with Crippen molar-refractivity contribution in [3.63, 3.8) is 0 Å². The van der Waals surface area contributed by atoms with Gasteiger partial charge in [0, 0.05) is 17.6 Å². The van der Waals surface area contributed by atoms with Crippen molar-refractivity contribution in [2.75, 3.05) is 0 Å². The van der Waals surface area contributed by atoms with Crippen molar-refractivity contribution in [3.05, 3.63) is 65.1 Å². The van der Waals surface area contributed by atoms with Crippen LogP contribution in [0, 0.1) is 0 Å². The molecule has 0 saturated carbocycles. The summed E-state index contributed by atoms with van der Waals surface area (Å²) in [4.78, 5) is 24.7. The molecule has 3 N–H and O–H groups in total. The first-order valence-electron chi connectivity index (χ1n) is 6.64. The van der Waals surface area contributed by atoms with Gasteiger partial charge in [0.1, 0.15) is 11.3 Å². The molecule has 0 aliphatic heterocycles. The van der Waals surface area contributed by atoms with E-state index in [9.17, 15) is 14.7 Å². The van der Waals surface area contributed by atoms with Gasteiger partial charge >= 0.3 is 0 Å². The molecule has 0 bridgehead atoms. The zero-order valence-corrected chi connectivity index (χ0v) is 12.2. The van der Waals surface area contributed by atoms with E-state index >= 15 is 0 Å². The molecule has 0 aliphatic rings. The van der Waals surface area contributed by atoms with Crippen LogP contribution in [0.5, 0.6) is 5.75 Å². The topological polar surface area (TPSA) is 83.4 Å². The monoisotopic (exact) mass is 299 g/mol. The van der Waals surface area contributed by atoms with E-state index in [1.54, 1.807) is 37.3 Å². The summed E-state index contributed by atoms with van der Waals surface area (Å²) < 4.78 is 1.39. The number of nitrogens with zero attached hydrogens (tertiary/aromatic N) is 1. The van der Waals surface area contributed by atoms with Gasteiger partial charge in [-0.05, 0) is 19.1 Å². The number of carbonyl (C=O) groups is 1. The summed E-state index contributed by atoms with van der Waals surface area (Å²) in [7, 11) is 0. The molecule has 1 amide bonds. The SMILES string of the molecule is C=CCn1c(=O)c(C(=O)NNC(=C)C)c(O)c2ccccc21. The van der Waals surface area contributed by atoms with Crippen LogP contribution >= 0.6 is 0 Å². The van der Waals surface area contributed by atoms with Crippen LogP contribution in [0.15, 0.2) is 54.0 Å². The van der Waals surface area contributed by atoms with E-state index in [0.717, 1.165) is 0 Å². The molecular weight excluding hydrogens is 282 g/mol. The molecule has 0 saturated heterocycles. The number of nitrogens with one attached hydrogen (secondary N) is 2. The van der Waals surface area contributed by atoms with Crippen LogP contribution in [0.1, 0.15) is 17.3 Å². The van der Waals surface area contributed by atoms with Crippen LogP contribution in [0.4, 0.5) is 0 Å². The van der Waals surface area contributed by atoms with Crippen molar-refractivity contribution in [3.8, 4) is 5.75 Å². The number of rotatable bonds is 5. The van der Waals surface area contributed by atoms with Crippen molar-refractivity contribution in [1.29, 1.82) is 0 Å². The minimum absolute atomic E-state index is 0.230. The highest BCUT2D eigenvalue weighted by Crippen LogP contribution is 2.26. The number of hydrogen-bond acceptors (Lipinski definition) is 4. The molecule has 0 spiro atoms. The normalized spacial score (nSPS) is 10.2. The Morgan fingerprint density at radius 2 is 2.05 bits per heavy atom. The summed E-state index contributed by atoms with van der Waals surface area (Å²) >= 11 is 0. The largest absolute Gasteiger partial charge is 0.506 e. The lowest BCUT2D eigenvalue weighted by atomic mass is 10.1. The predicted molar refractivity (Wildman–Crippen MR) is 85.5 cm³/mol. The van der Waals surface area contributed by atoms with Crippen LogP contribution in [-0.4, -0.2) is 15.6 Å². The van der Waals surface area contributed by atoms with Gasteiger partial charge in [-0.3, -0.25) is 15.0 Å². The highest BCUT2D eigenvalue weighted by Gasteiger charge is 2.21. The van der Waals surface area contributed by atoms with Crippen LogP contribution in [-0.2, 0) is 6.54 Å². The average Bonchev–Trinajstić information content (AvgIpc) is 2.49. The molecule has 1 aromatic carbocycles. The molecule has 0 radical (unpaired) electrons. The van der Waals surface area contributed by atoms with Gasteiger partial charge in [0.25, 0.3) is 11.5 Å². The first-order valence-corrected chi connectivity index (χ1v) is 6.64. The predicted octanol–water partition coefficient (Wildman–Crippen LogP) is 1.66. The quantitative estimate of drug-likeness (QED) is 0.579. The van der Waals surface area contributed by atoms with Gasteiger partial charge in [-0.2, -0.15) is 0 Å². The molecule has 0 fully saturated rings. The fraction of sp³-hybridized carbons (Fsp3) is 0.125. The lowest BCUT2D eigenvalue weighted by Gasteiger charge is -2.14. The smallest absolute Gasteiger partial charge is 0.279 e. The number of carbonyl (C=O) groups excluding carboxylic acids is 1. The molecule has 6 heteroatoms. The maximum Gasteiger partial charge on any atom is 0.279 e. The van der Waals surface area contributed by atoms with E-state index in [1.807, 2.05) is 0 Å². The van der Waals surface area contributed by atoms with E-state index < -0.39 is 11.5 Å². The highest BCUT2D eigenvalue weighted by molar-refractivity contribution is 6.02. The van der Waals surface area contributed by atoms with Crippen molar-refractivity contribution in [1.82, 2.24) is 15.4 Å². The molecular formula is C16H17N3O3. The molecule has 0 atom stereocenters. The number of benzene rings is 1. The molecule has 6 nitrogen and oxygen atoms in total. The number of hydrazine groups is 1. The summed E-state index contributed by atoms with van der Waals surface area (Å²) in [5, 5.41) is 10.7. The van der Waals surface area contributed by atoms with Crippen LogP contribution in [0.25, 0.3) is 10.9 Å². The Hall–Kier alpha value is -3.02. The number of amides is 1. The Morgan fingerprint density at radius 3 is 2.68 bits per heavy atom. The van der Waals surface area contributed by atoms with Crippen LogP contribution in [0.3, 0.4) is 0 Å². The molecule has 1 aromatic heterocycles. The number of hydrogen-bond donors (Lipinski definition) is 3. The van der Waals surface area contributed by atoms with Gasteiger partial charge in [-0.15, -0.1) is 6.58 Å². The molecule has 114 valence electrons. The third-order valence-electron chi connectivity index (χ3n) is 3.07. The molecule has 2 aromatic rings. The number of allylic oxidation sites excluding steroid dienone is 2. The summed E-state index contributed by atoms with van der Waals surface area (Å²) in [5.41, 5.74) is 4.98. The summed E-state index contributed by atoms with van der Waals surface area (Å²) in [6, 6.07) is 6.82. The summed E-state index contributed by atoms with van der Waals surface area (Å²) in [5.74, 6) is -1.07. The lowest BCUT2D eigenvalue weighted by Crippen LogP contribution is -2.40. The van der Waals surface area contributed by atoms with Gasteiger partial charge in [0.05, 0.1) is 5.52 Å². The number of pyridine rings is 1. The summed E-state index contributed by atoms with van der Waals surface area (Å²) in [6.45, 7) is 9.07. The summed E-state index contributed by atoms with van der Waals surface area (Å²) in [6.07, 6.45) is 1.55.